The molecule has 0 spiro atoms. The van der Waals surface area contributed by atoms with Crippen molar-refractivity contribution in [3.8, 4) is 0 Å². The minimum absolute atomic E-state index is 0.673. The standard InChI is InChI=1S/C19H40N2/c1-18(2)21(3)17-13-16-20-19-14-11-9-7-5-4-6-8-10-12-15-19/h18-20H,4-17H2,1-3H3. The number of nitrogens with zero attached hydrogens (tertiary/aromatic N) is 1. The van der Waals surface area contributed by atoms with E-state index in [0.717, 1.165) is 6.04 Å². The quantitative estimate of drug-likeness (QED) is 0.695. The fourth-order valence-corrected chi connectivity index (χ4v) is 3.26. The van der Waals surface area contributed by atoms with Crippen molar-refractivity contribution in [2.75, 3.05) is 20.1 Å². The molecule has 2 nitrogen and oxygen atoms in total. The first-order valence-electron chi connectivity index (χ1n) is 9.64. The summed E-state index contributed by atoms with van der Waals surface area (Å²) in [6.45, 7) is 6.97. The number of rotatable bonds is 6. The maximum Gasteiger partial charge on any atom is 0.00670 e. The zero-order chi connectivity index (χ0) is 15.3. The van der Waals surface area contributed by atoms with Gasteiger partial charge in [0.05, 0.1) is 0 Å². The van der Waals surface area contributed by atoms with Crippen LogP contribution in [0, 0.1) is 0 Å². The fraction of sp³-hybridized carbons (Fsp3) is 1.00. The van der Waals surface area contributed by atoms with Gasteiger partial charge < -0.3 is 10.2 Å². The summed E-state index contributed by atoms with van der Waals surface area (Å²) in [5, 5.41) is 3.84. The Morgan fingerprint density at radius 3 is 1.81 bits per heavy atom. The summed E-state index contributed by atoms with van der Waals surface area (Å²) in [5.41, 5.74) is 0. The first-order chi connectivity index (χ1) is 10.2. The highest BCUT2D eigenvalue weighted by Crippen LogP contribution is 2.16. The van der Waals surface area contributed by atoms with Gasteiger partial charge in [0.1, 0.15) is 0 Å². The minimum atomic E-state index is 0.673. The molecule has 0 aromatic rings. The smallest absolute Gasteiger partial charge is 0.00670 e. The van der Waals surface area contributed by atoms with Crippen molar-refractivity contribution in [1.29, 1.82) is 0 Å². The van der Waals surface area contributed by atoms with Crippen molar-refractivity contribution < 1.29 is 0 Å². The third kappa shape index (κ3) is 10.3. The van der Waals surface area contributed by atoms with E-state index in [2.05, 4.69) is 31.1 Å². The van der Waals surface area contributed by atoms with Gasteiger partial charge in [0.25, 0.3) is 0 Å². The van der Waals surface area contributed by atoms with Gasteiger partial charge in [-0.3, -0.25) is 0 Å². The van der Waals surface area contributed by atoms with Gasteiger partial charge in [-0.1, -0.05) is 57.8 Å². The van der Waals surface area contributed by atoms with Crippen LogP contribution >= 0.6 is 0 Å². The normalized spacial score (nSPS) is 20.4. The minimum Gasteiger partial charge on any atom is -0.314 e. The maximum absolute atomic E-state index is 3.84. The van der Waals surface area contributed by atoms with E-state index >= 15 is 0 Å². The number of nitrogens with one attached hydrogen (secondary N) is 1. The van der Waals surface area contributed by atoms with E-state index in [-0.39, 0.29) is 0 Å². The second-order valence-corrected chi connectivity index (χ2v) is 7.34. The molecular weight excluding hydrogens is 256 g/mol. The largest absolute Gasteiger partial charge is 0.314 e. The van der Waals surface area contributed by atoms with Crippen molar-refractivity contribution in [3.63, 3.8) is 0 Å². The van der Waals surface area contributed by atoms with Crippen LogP contribution in [0.15, 0.2) is 0 Å². The molecule has 0 saturated heterocycles. The van der Waals surface area contributed by atoms with E-state index < -0.39 is 0 Å². The third-order valence-electron chi connectivity index (χ3n) is 5.11. The average Bonchev–Trinajstić information content (AvgIpc) is 2.45. The molecule has 0 unspecified atom stereocenters. The van der Waals surface area contributed by atoms with Crippen LogP contribution in [0.5, 0.6) is 0 Å². The maximum atomic E-state index is 3.84. The van der Waals surface area contributed by atoms with Gasteiger partial charge in [0.2, 0.25) is 0 Å². The lowest BCUT2D eigenvalue weighted by atomic mass is 9.98. The predicted octanol–water partition coefficient (Wildman–Crippen LogP) is 4.98. The van der Waals surface area contributed by atoms with Crippen molar-refractivity contribution >= 4 is 0 Å². The highest BCUT2D eigenvalue weighted by Gasteiger charge is 2.09. The van der Waals surface area contributed by atoms with Crippen molar-refractivity contribution in [1.82, 2.24) is 10.2 Å². The monoisotopic (exact) mass is 296 g/mol. The van der Waals surface area contributed by atoms with Crippen LogP contribution in [0.1, 0.15) is 90.9 Å². The van der Waals surface area contributed by atoms with Crippen LogP contribution in [-0.4, -0.2) is 37.1 Å². The lowest BCUT2D eigenvalue weighted by Crippen LogP contribution is -2.33. The van der Waals surface area contributed by atoms with E-state index in [1.807, 2.05) is 0 Å². The van der Waals surface area contributed by atoms with Gasteiger partial charge in [-0.2, -0.15) is 0 Å². The summed E-state index contributed by atoms with van der Waals surface area (Å²) in [4.78, 5) is 2.45. The molecule has 0 heterocycles. The zero-order valence-corrected chi connectivity index (χ0v) is 15.0. The number of hydrogen-bond acceptors (Lipinski definition) is 2. The van der Waals surface area contributed by atoms with Gasteiger partial charge in [-0.25, -0.2) is 0 Å². The predicted molar refractivity (Wildman–Crippen MR) is 95.0 cm³/mol. The summed E-state index contributed by atoms with van der Waals surface area (Å²) >= 11 is 0. The Balaban J connectivity index is 2.16. The van der Waals surface area contributed by atoms with Crippen LogP contribution in [0.2, 0.25) is 0 Å². The molecule has 0 bridgehead atoms. The number of hydrogen-bond donors (Lipinski definition) is 1. The first-order valence-corrected chi connectivity index (χ1v) is 9.64. The lowest BCUT2D eigenvalue weighted by molar-refractivity contribution is 0.266. The van der Waals surface area contributed by atoms with Gasteiger partial charge in [-0.15, -0.1) is 0 Å². The third-order valence-corrected chi connectivity index (χ3v) is 5.11. The summed E-state index contributed by atoms with van der Waals surface area (Å²) in [7, 11) is 2.24. The van der Waals surface area contributed by atoms with E-state index in [1.54, 1.807) is 0 Å². The molecule has 1 aliphatic rings. The summed E-state index contributed by atoms with van der Waals surface area (Å²) in [6, 6.07) is 1.46. The average molecular weight is 297 g/mol. The highest BCUT2D eigenvalue weighted by atomic mass is 15.1. The van der Waals surface area contributed by atoms with Crippen LogP contribution in [0.4, 0.5) is 0 Å². The Kier molecular flexibility index (Phi) is 11.3. The fourth-order valence-electron chi connectivity index (χ4n) is 3.26. The Hall–Kier alpha value is -0.0800. The van der Waals surface area contributed by atoms with Gasteiger partial charge in [0.15, 0.2) is 0 Å². The van der Waals surface area contributed by atoms with E-state index in [1.165, 1.54) is 90.1 Å². The summed E-state index contributed by atoms with van der Waals surface area (Å²) in [6.07, 6.45) is 17.2. The van der Waals surface area contributed by atoms with Crippen molar-refractivity contribution in [2.45, 2.75) is 103 Å². The molecule has 0 atom stereocenters. The summed E-state index contributed by atoms with van der Waals surface area (Å²) < 4.78 is 0. The molecule has 1 saturated carbocycles. The molecular formula is C19H40N2. The van der Waals surface area contributed by atoms with Crippen molar-refractivity contribution in [2.24, 2.45) is 0 Å². The van der Waals surface area contributed by atoms with E-state index in [4.69, 9.17) is 0 Å². The molecule has 126 valence electrons. The summed E-state index contributed by atoms with van der Waals surface area (Å²) in [5.74, 6) is 0. The first kappa shape index (κ1) is 19.0. The lowest BCUT2D eigenvalue weighted by Gasteiger charge is -2.23. The van der Waals surface area contributed by atoms with Crippen molar-refractivity contribution in [3.05, 3.63) is 0 Å². The SMILES string of the molecule is CC(C)N(C)CCCNC1CCCCCCCCCCC1. The van der Waals surface area contributed by atoms with Gasteiger partial charge in [0, 0.05) is 12.1 Å². The second-order valence-electron chi connectivity index (χ2n) is 7.34. The molecule has 0 aromatic heterocycles. The highest BCUT2D eigenvalue weighted by molar-refractivity contribution is 4.69. The molecule has 1 aliphatic carbocycles. The molecule has 0 radical (unpaired) electrons. The van der Waals surface area contributed by atoms with Crippen LogP contribution in [-0.2, 0) is 0 Å². The molecule has 21 heavy (non-hydrogen) atoms. The molecule has 1 fully saturated rings. The molecule has 1 N–H and O–H groups in total. The molecule has 0 aromatic carbocycles. The molecule has 1 rings (SSSR count). The van der Waals surface area contributed by atoms with Crippen LogP contribution < -0.4 is 5.32 Å². The van der Waals surface area contributed by atoms with Gasteiger partial charge in [-0.05, 0) is 53.2 Å². The Labute approximate surface area is 134 Å². The van der Waals surface area contributed by atoms with Gasteiger partial charge >= 0.3 is 0 Å². The molecule has 0 aliphatic heterocycles. The Morgan fingerprint density at radius 2 is 1.33 bits per heavy atom. The Bertz CT molecular complexity index is 216. The van der Waals surface area contributed by atoms with Crippen LogP contribution in [0.3, 0.4) is 0 Å². The second kappa shape index (κ2) is 12.5. The zero-order valence-electron chi connectivity index (χ0n) is 15.0. The van der Waals surface area contributed by atoms with E-state index in [9.17, 15) is 0 Å². The van der Waals surface area contributed by atoms with E-state index in [0.29, 0.717) is 6.04 Å². The molecule has 0 amide bonds. The topological polar surface area (TPSA) is 15.3 Å². The molecule has 2 heteroatoms. The Morgan fingerprint density at radius 1 is 0.857 bits per heavy atom. The van der Waals surface area contributed by atoms with Crippen LogP contribution in [0.25, 0.3) is 0 Å².